The zero-order valence-electron chi connectivity index (χ0n) is 9.10. The number of hydrogen-bond donors (Lipinski definition) is 3. The topological polar surface area (TPSA) is 112 Å². The summed E-state index contributed by atoms with van der Waals surface area (Å²) in [6, 6.07) is 0. The number of aromatic nitrogens is 2. The van der Waals surface area contributed by atoms with Gasteiger partial charge in [-0.3, -0.25) is 14.6 Å². The fourth-order valence-electron chi connectivity index (χ4n) is 1.06. The number of nitrogens with one attached hydrogen (secondary N) is 2. The summed E-state index contributed by atoms with van der Waals surface area (Å²) < 4.78 is 25.4. The van der Waals surface area contributed by atoms with Gasteiger partial charge in [0.2, 0.25) is 10.0 Å². The Morgan fingerprint density at radius 1 is 1.50 bits per heavy atom. The number of aliphatic carboxylic acids is 1. The summed E-state index contributed by atoms with van der Waals surface area (Å²) in [5.74, 6) is -1.40. The highest BCUT2D eigenvalue weighted by molar-refractivity contribution is 7.94. The number of sulfonamides is 1. The van der Waals surface area contributed by atoms with Crippen molar-refractivity contribution in [2.24, 2.45) is 0 Å². The Kier molecular flexibility index (Phi) is 3.22. The maximum atomic E-state index is 11.6. The van der Waals surface area contributed by atoms with E-state index in [9.17, 15) is 13.2 Å². The smallest absolute Gasteiger partial charge is 0.323 e. The minimum Gasteiger partial charge on any atom is -0.480 e. The van der Waals surface area contributed by atoms with Crippen molar-refractivity contribution < 1.29 is 18.3 Å². The van der Waals surface area contributed by atoms with Gasteiger partial charge in [0.05, 0.1) is 17.1 Å². The van der Waals surface area contributed by atoms with Gasteiger partial charge in [0.15, 0.2) is 5.25 Å². The monoisotopic (exact) mass is 247 g/mol. The first-order valence-corrected chi connectivity index (χ1v) is 6.06. The highest BCUT2D eigenvalue weighted by Crippen LogP contribution is 2.19. The lowest BCUT2D eigenvalue weighted by atomic mass is 10.3. The molecule has 8 heteroatoms. The fraction of sp³-hybridized carbons (Fsp3) is 0.500. The summed E-state index contributed by atoms with van der Waals surface area (Å²) in [6.07, 6.45) is 0. The molecule has 90 valence electrons. The zero-order valence-corrected chi connectivity index (χ0v) is 9.92. The average Bonchev–Trinajstić information content (AvgIpc) is 2.47. The molecule has 0 fully saturated rings. The van der Waals surface area contributed by atoms with Crippen LogP contribution in [0.4, 0.5) is 5.69 Å². The Bertz CT molecular complexity index is 486. The van der Waals surface area contributed by atoms with E-state index in [1.165, 1.54) is 0 Å². The highest BCUT2D eigenvalue weighted by Gasteiger charge is 2.28. The van der Waals surface area contributed by atoms with E-state index in [-0.39, 0.29) is 0 Å². The molecule has 0 aliphatic carbocycles. The van der Waals surface area contributed by atoms with Gasteiger partial charge in [0.25, 0.3) is 0 Å². The molecule has 3 N–H and O–H groups in total. The molecule has 0 amide bonds. The van der Waals surface area contributed by atoms with Gasteiger partial charge in [-0.2, -0.15) is 5.10 Å². The third-order valence-corrected chi connectivity index (χ3v) is 3.81. The number of carboxylic acid groups (broad SMARTS) is 1. The number of anilines is 1. The molecular formula is C8H13N3O4S. The van der Waals surface area contributed by atoms with Crippen molar-refractivity contribution in [2.45, 2.75) is 26.0 Å². The number of H-pyrrole nitrogens is 1. The summed E-state index contributed by atoms with van der Waals surface area (Å²) in [4.78, 5) is 10.6. The Hall–Kier alpha value is -1.57. The van der Waals surface area contributed by atoms with Gasteiger partial charge < -0.3 is 5.11 Å². The molecule has 0 spiro atoms. The van der Waals surface area contributed by atoms with Crippen LogP contribution in [0.2, 0.25) is 0 Å². The van der Waals surface area contributed by atoms with Crippen LogP contribution in [-0.4, -0.2) is 34.9 Å². The number of carbonyl (C=O) groups is 1. The van der Waals surface area contributed by atoms with Gasteiger partial charge in [-0.05, 0) is 20.8 Å². The van der Waals surface area contributed by atoms with E-state index in [1.807, 2.05) is 0 Å². The molecule has 1 aromatic heterocycles. The lowest BCUT2D eigenvalue weighted by Gasteiger charge is -2.11. The molecule has 0 aliphatic heterocycles. The molecule has 7 nitrogen and oxygen atoms in total. The average molecular weight is 247 g/mol. The molecular weight excluding hydrogens is 234 g/mol. The number of nitrogens with zero attached hydrogens (tertiary/aromatic N) is 1. The molecule has 1 unspecified atom stereocenters. The first-order chi connectivity index (χ1) is 7.25. The molecule has 0 radical (unpaired) electrons. The van der Waals surface area contributed by atoms with Crippen LogP contribution in [0.1, 0.15) is 18.3 Å². The lowest BCUT2D eigenvalue weighted by Crippen LogP contribution is -2.32. The summed E-state index contributed by atoms with van der Waals surface area (Å²) in [6.45, 7) is 4.37. The van der Waals surface area contributed by atoms with Gasteiger partial charge in [0, 0.05) is 0 Å². The number of rotatable bonds is 4. The van der Waals surface area contributed by atoms with E-state index in [4.69, 9.17) is 5.11 Å². The summed E-state index contributed by atoms with van der Waals surface area (Å²) >= 11 is 0. The zero-order chi connectivity index (χ0) is 12.5. The first kappa shape index (κ1) is 12.5. The normalized spacial score (nSPS) is 13.4. The summed E-state index contributed by atoms with van der Waals surface area (Å²) in [5.41, 5.74) is 1.31. The Morgan fingerprint density at radius 2 is 2.06 bits per heavy atom. The van der Waals surface area contributed by atoms with E-state index >= 15 is 0 Å². The Labute approximate surface area is 92.9 Å². The minimum atomic E-state index is -3.94. The van der Waals surface area contributed by atoms with Crippen molar-refractivity contribution >= 4 is 21.7 Å². The molecule has 0 aromatic carbocycles. The number of aryl methyl sites for hydroxylation is 2. The van der Waals surface area contributed by atoms with Crippen LogP contribution in [0.15, 0.2) is 0 Å². The standard InChI is InChI=1S/C8H13N3O4S/c1-4-7(5(2)10-9-4)11-16(14,15)6(3)8(12)13/h6,11H,1-3H3,(H,9,10)(H,12,13). The molecule has 16 heavy (non-hydrogen) atoms. The van der Waals surface area contributed by atoms with Crippen LogP contribution < -0.4 is 4.72 Å². The lowest BCUT2D eigenvalue weighted by molar-refractivity contribution is -0.136. The van der Waals surface area contributed by atoms with Crippen LogP contribution in [0.25, 0.3) is 0 Å². The van der Waals surface area contributed by atoms with Gasteiger partial charge in [0.1, 0.15) is 0 Å². The van der Waals surface area contributed by atoms with E-state index in [2.05, 4.69) is 14.9 Å². The number of aromatic amines is 1. The second-order valence-corrected chi connectivity index (χ2v) is 5.44. The quantitative estimate of drug-likeness (QED) is 0.705. The van der Waals surface area contributed by atoms with Gasteiger partial charge in [-0.15, -0.1) is 0 Å². The first-order valence-electron chi connectivity index (χ1n) is 4.51. The fourth-order valence-corrected chi connectivity index (χ4v) is 2.09. The van der Waals surface area contributed by atoms with Crippen LogP contribution >= 0.6 is 0 Å². The molecule has 0 saturated heterocycles. The van der Waals surface area contributed by atoms with Gasteiger partial charge in [-0.25, -0.2) is 8.42 Å². The van der Waals surface area contributed by atoms with Crippen LogP contribution in [0, 0.1) is 13.8 Å². The van der Waals surface area contributed by atoms with Crippen molar-refractivity contribution in [1.29, 1.82) is 0 Å². The molecule has 0 bridgehead atoms. The highest BCUT2D eigenvalue weighted by atomic mass is 32.2. The molecule has 0 saturated carbocycles. The third-order valence-electron chi connectivity index (χ3n) is 2.19. The second-order valence-electron chi connectivity index (χ2n) is 3.44. The third kappa shape index (κ3) is 2.32. The van der Waals surface area contributed by atoms with Crippen molar-refractivity contribution in [2.75, 3.05) is 4.72 Å². The van der Waals surface area contributed by atoms with Gasteiger partial charge >= 0.3 is 5.97 Å². The summed E-state index contributed by atoms with van der Waals surface area (Å²) in [7, 11) is -3.94. The number of carboxylic acids is 1. The van der Waals surface area contributed by atoms with E-state index < -0.39 is 21.2 Å². The van der Waals surface area contributed by atoms with E-state index in [0.29, 0.717) is 17.1 Å². The Balaban J connectivity index is 3.02. The van der Waals surface area contributed by atoms with Crippen LogP contribution in [0.3, 0.4) is 0 Å². The molecule has 1 aromatic rings. The van der Waals surface area contributed by atoms with Crippen molar-refractivity contribution in [3.8, 4) is 0 Å². The second kappa shape index (κ2) is 4.12. The largest absolute Gasteiger partial charge is 0.480 e. The molecule has 1 rings (SSSR count). The van der Waals surface area contributed by atoms with Crippen molar-refractivity contribution in [3.05, 3.63) is 11.4 Å². The van der Waals surface area contributed by atoms with E-state index in [1.54, 1.807) is 13.8 Å². The SMILES string of the molecule is Cc1n[nH]c(C)c1NS(=O)(=O)C(C)C(=O)O. The molecule has 1 atom stereocenters. The molecule has 0 aliphatic rings. The number of hydrogen-bond acceptors (Lipinski definition) is 4. The molecule has 1 heterocycles. The maximum Gasteiger partial charge on any atom is 0.323 e. The summed E-state index contributed by atoms with van der Waals surface area (Å²) in [5, 5.41) is 13.5. The van der Waals surface area contributed by atoms with E-state index in [0.717, 1.165) is 6.92 Å². The maximum absolute atomic E-state index is 11.6. The predicted octanol–water partition coefficient (Wildman–Crippen LogP) is 0.241. The van der Waals surface area contributed by atoms with Gasteiger partial charge in [-0.1, -0.05) is 0 Å². The predicted molar refractivity (Wildman–Crippen MR) is 57.7 cm³/mol. The van der Waals surface area contributed by atoms with Crippen molar-refractivity contribution in [3.63, 3.8) is 0 Å². The minimum absolute atomic E-state index is 0.299. The van der Waals surface area contributed by atoms with Crippen LogP contribution in [-0.2, 0) is 14.8 Å². The van der Waals surface area contributed by atoms with Crippen LogP contribution in [0.5, 0.6) is 0 Å². The Morgan fingerprint density at radius 3 is 2.44 bits per heavy atom. The van der Waals surface area contributed by atoms with Crippen molar-refractivity contribution in [1.82, 2.24) is 10.2 Å².